The van der Waals surface area contributed by atoms with Crippen molar-refractivity contribution >= 4 is 22.5 Å². The first kappa shape index (κ1) is 21.5. The minimum absolute atomic E-state index is 0.000759. The zero-order chi connectivity index (χ0) is 22.8. The molecule has 0 unspecified atom stereocenters. The Morgan fingerprint density at radius 2 is 1.84 bits per heavy atom. The van der Waals surface area contributed by atoms with Gasteiger partial charge in [-0.3, -0.25) is 4.79 Å². The lowest BCUT2D eigenvalue weighted by Gasteiger charge is -2.16. The third-order valence-corrected chi connectivity index (χ3v) is 5.56. The van der Waals surface area contributed by atoms with Crippen LogP contribution in [0.15, 0.2) is 60.8 Å². The van der Waals surface area contributed by atoms with Crippen LogP contribution in [0.25, 0.3) is 10.8 Å². The van der Waals surface area contributed by atoms with E-state index < -0.39 is 17.6 Å². The highest BCUT2D eigenvalue weighted by Crippen LogP contribution is 2.27. The van der Waals surface area contributed by atoms with E-state index in [2.05, 4.69) is 10.4 Å². The Morgan fingerprint density at radius 1 is 1.09 bits per heavy atom. The number of benzene rings is 3. The van der Waals surface area contributed by atoms with E-state index >= 15 is 0 Å². The summed E-state index contributed by atoms with van der Waals surface area (Å²) in [6.45, 7) is 3.62. The second-order valence-corrected chi connectivity index (χ2v) is 7.75. The summed E-state index contributed by atoms with van der Waals surface area (Å²) < 4.78 is 34.3. The molecule has 1 aromatic heterocycles. The number of carbonyl (C=O) groups is 1. The topological polar surface area (TPSA) is 56.1 Å². The van der Waals surface area contributed by atoms with Crippen molar-refractivity contribution < 1.29 is 18.3 Å². The Balaban J connectivity index is 1.55. The highest BCUT2D eigenvalue weighted by Gasteiger charge is 2.19. The molecule has 4 aromatic rings. The Morgan fingerprint density at radius 3 is 2.62 bits per heavy atom. The van der Waals surface area contributed by atoms with Crippen LogP contribution in [-0.4, -0.2) is 22.8 Å². The van der Waals surface area contributed by atoms with Crippen LogP contribution in [0.1, 0.15) is 29.5 Å². The van der Waals surface area contributed by atoms with E-state index in [-0.39, 0.29) is 18.0 Å². The van der Waals surface area contributed by atoms with E-state index in [1.54, 1.807) is 20.2 Å². The maximum Gasteiger partial charge on any atom is 0.232 e. The number of hydrogen-bond donors (Lipinski definition) is 1. The molecule has 0 radical (unpaired) electrons. The number of nitrogens with one attached hydrogen (secondary N) is 1. The molecule has 3 aromatic carbocycles. The van der Waals surface area contributed by atoms with E-state index in [4.69, 9.17) is 4.74 Å². The molecule has 0 bridgehead atoms. The second-order valence-electron chi connectivity index (χ2n) is 7.75. The van der Waals surface area contributed by atoms with Crippen LogP contribution in [0.4, 0.5) is 14.6 Å². The largest absolute Gasteiger partial charge is 0.497 e. The van der Waals surface area contributed by atoms with Crippen molar-refractivity contribution in [3.63, 3.8) is 0 Å². The number of nitrogens with zero attached hydrogens (tertiary/aromatic N) is 2. The predicted octanol–water partition coefficient (Wildman–Crippen LogP) is 5.42. The van der Waals surface area contributed by atoms with Gasteiger partial charge in [0.25, 0.3) is 0 Å². The Kier molecular flexibility index (Phi) is 5.90. The van der Waals surface area contributed by atoms with Crippen molar-refractivity contribution in [2.45, 2.75) is 26.3 Å². The summed E-state index contributed by atoms with van der Waals surface area (Å²) in [5, 5.41) is 9.15. The number of aryl methyl sites for hydroxylation is 1. The number of methoxy groups -OCH3 is 1. The second kappa shape index (κ2) is 8.78. The number of carbonyl (C=O) groups excluding carboxylic acids is 1. The molecule has 0 saturated carbocycles. The number of halogens is 2. The Hall–Kier alpha value is -3.74. The fraction of sp³-hybridized carbons (Fsp3) is 0.200. The fourth-order valence-electron chi connectivity index (χ4n) is 3.60. The number of fused-ring (bicyclic) bond motifs is 1. The molecule has 1 amide bonds. The van der Waals surface area contributed by atoms with Gasteiger partial charge in [0.15, 0.2) is 0 Å². The van der Waals surface area contributed by atoms with Gasteiger partial charge in [0, 0.05) is 11.1 Å². The number of rotatable bonds is 6. The Bertz CT molecular complexity index is 1300. The third-order valence-electron chi connectivity index (χ3n) is 5.56. The summed E-state index contributed by atoms with van der Waals surface area (Å²) in [6.07, 6.45) is 1.58. The monoisotopic (exact) mass is 435 g/mol. The molecular formula is C25H23F2N3O2. The van der Waals surface area contributed by atoms with Crippen LogP contribution in [0, 0.1) is 18.6 Å². The van der Waals surface area contributed by atoms with Gasteiger partial charge in [0.05, 0.1) is 25.8 Å². The lowest BCUT2D eigenvalue weighted by atomic mass is 9.97. The van der Waals surface area contributed by atoms with Crippen molar-refractivity contribution in [2.75, 3.05) is 12.4 Å². The Labute approximate surface area is 184 Å². The van der Waals surface area contributed by atoms with E-state index in [1.807, 2.05) is 43.3 Å². The van der Waals surface area contributed by atoms with Gasteiger partial charge >= 0.3 is 0 Å². The van der Waals surface area contributed by atoms with Crippen LogP contribution in [0.2, 0.25) is 0 Å². The molecule has 32 heavy (non-hydrogen) atoms. The van der Waals surface area contributed by atoms with E-state index in [1.165, 1.54) is 4.68 Å². The van der Waals surface area contributed by atoms with E-state index in [9.17, 15) is 13.6 Å². The molecule has 164 valence electrons. The summed E-state index contributed by atoms with van der Waals surface area (Å²) in [7, 11) is 1.62. The smallest absolute Gasteiger partial charge is 0.232 e. The van der Waals surface area contributed by atoms with E-state index in [0.717, 1.165) is 45.8 Å². The lowest BCUT2D eigenvalue weighted by Crippen LogP contribution is -2.22. The molecule has 4 rings (SSSR count). The van der Waals surface area contributed by atoms with Crippen LogP contribution in [0.5, 0.6) is 5.75 Å². The lowest BCUT2D eigenvalue weighted by molar-refractivity contribution is -0.117. The maximum absolute atomic E-state index is 14.1. The fourth-order valence-corrected chi connectivity index (χ4v) is 3.60. The highest BCUT2D eigenvalue weighted by molar-refractivity contribution is 5.96. The molecule has 0 aliphatic rings. The van der Waals surface area contributed by atoms with Crippen molar-refractivity contribution in [2.24, 2.45) is 0 Å². The van der Waals surface area contributed by atoms with E-state index in [0.29, 0.717) is 5.82 Å². The molecule has 0 fully saturated rings. The highest BCUT2D eigenvalue weighted by atomic mass is 19.1. The zero-order valence-electron chi connectivity index (χ0n) is 18.0. The van der Waals surface area contributed by atoms with Crippen molar-refractivity contribution in [1.29, 1.82) is 0 Å². The van der Waals surface area contributed by atoms with Crippen molar-refractivity contribution in [3.8, 4) is 5.75 Å². The van der Waals surface area contributed by atoms with Gasteiger partial charge in [0.2, 0.25) is 5.91 Å². The summed E-state index contributed by atoms with van der Waals surface area (Å²) >= 11 is 0. The number of anilines is 1. The first-order valence-electron chi connectivity index (χ1n) is 10.2. The molecule has 5 nitrogen and oxygen atoms in total. The van der Waals surface area contributed by atoms with Gasteiger partial charge in [-0.1, -0.05) is 24.3 Å². The van der Waals surface area contributed by atoms with Gasteiger partial charge < -0.3 is 10.1 Å². The van der Waals surface area contributed by atoms with Crippen LogP contribution in [-0.2, 0) is 11.3 Å². The molecule has 1 N–H and O–H groups in total. The third kappa shape index (κ3) is 4.32. The van der Waals surface area contributed by atoms with Crippen LogP contribution >= 0.6 is 0 Å². The average Bonchev–Trinajstić information content (AvgIpc) is 3.13. The first-order chi connectivity index (χ1) is 15.4. The van der Waals surface area contributed by atoms with Gasteiger partial charge in [-0.05, 0) is 60.5 Å². The average molecular weight is 435 g/mol. The van der Waals surface area contributed by atoms with Crippen molar-refractivity contribution in [3.05, 3.63) is 89.1 Å². The predicted molar refractivity (Wildman–Crippen MR) is 120 cm³/mol. The standard InChI is InChI=1S/C25H23F2N3O2/c1-15-13-28-30(14-20-11-21(26)7-9-23(20)27)24(15)29-25(31)16(2)17-4-5-19-12-22(32-3)8-6-18(19)10-17/h4-13,16H,14H2,1-3H3,(H,29,31)/t16-/m0/s1. The minimum Gasteiger partial charge on any atom is -0.497 e. The quantitative estimate of drug-likeness (QED) is 0.440. The molecule has 0 aliphatic heterocycles. The maximum atomic E-state index is 14.1. The number of aromatic nitrogens is 2. The zero-order valence-corrected chi connectivity index (χ0v) is 18.0. The number of hydrogen-bond acceptors (Lipinski definition) is 3. The van der Waals surface area contributed by atoms with Crippen LogP contribution < -0.4 is 10.1 Å². The number of ether oxygens (including phenoxy) is 1. The summed E-state index contributed by atoms with van der Waals surface area (Å²) in [4.78, 5) is 13.0. The molecule has 0 spiro atoms. The van der Waals surface area contributed by atoms with Crippen molar-refractivity contribution in [1.82, 2.24) is 9.78 Å². The molecular weight excluding hydrogens is 412 g/mol. The van der Waals surface area contributed by atoms with Gasteiger partial charge in [-0.15, -0.1) is 0 Å². The molecule has 0 saturated heterocycles. The molecule has 7 heteroatoms. The summed E-state index contributed by atoms with van der Waals surface area (Å²) in [5.74, 6) is -0.487. The minimum atomic E-state index is -0.530. The molecule has 0 aliphatic carbocycles. The van der Waals surface area contributed by atoms with Gasteiger partial charge in [0.1, 0.15) is 23.2 Å². The first-order valence-corrected chi connectivity index (χ1v) is 10.2. The summed E-state index contributed by atoms with van der Waals surface area (Å²) in [6, 6.07) is 14.9. The van der Waals surface area contributed by atoms with Gasteiger partial charge in [-0.2, -0.15) is 5.10 Å². The SMILES string of the molecule is COc1ccc2cc([C@H](C)C(=O)Nc3c(C)cnn3Cc3cc(F)ccc3F)ccc2c1. The molecule has 1 heterocycles. The molecule has 1 atom stereocenters. The number of amides is 1. The van der Waals surface area contributed by atoms with Crippen LogP contribution in [0.3, 0.4) is 0 Å². The van der Waals surface area contributed by atoms with Gasteiger partial charge in [-0.25, -0.2) is 13.5 Å². The normalized spacial score (nSPS) is 12.0. The summed E-state index contributed by atoms with van der Waals surface area (Å²) in [5.41, 5.74) is 1.75.